The number of primary amides is 1. The quantitative estimate of drug-likeness (QED) is 0.528. The van der Waals surface area contributed by atoms with E-state index in [9.17, 15) is 19.5 Å². The van der Waals surface area contributed by atoms with Gasteiger partial charge in [0.2, 0.25) is 17.7 Å². The van der Waals surface area contributed by atoms with E-state index in [0.29, 0.717) is 0 Å². The molecular formula is C12H19N3O4. The van der Waals surface area contributed by atoms with Crippen LogP contribution < -0.4 is 11.1 Å². The molecule has 3 atom stereocenters. The fourth-order valence-electron chi connectivity index (χ4n) is 2.09. The van der Waals surface area contributed by atoms with Gasteiger partial charge in [0.05, 0.1) is 6.10 Å². The Morgan fingerprint density at radius 2 is 2.21 bits per heavy atom. The van der Waals surface area contributed by atoms with E-state index in [1.165, 1.54) is 17.9 Å². The van der Waals surface area contributed by atoms with Crippen molar-refractivity contribution in [1.29, 1.82) is 0 Å². The molecule has 7 heteroatoms. The molecule has 1 saturated heterocycles. The average molecular weight is 269 g/mol. The maximum atomic E-state index is 12.0. The van der Waals surface area contributed by atoms with Gasteiger partial charge in [-0.05, 0) is 6.42 Å². The van der Waals surface area contributed by atoms with Crippen molar-refractivity contribution < 1.29 is 19.5 Å². The topological polar surface area (TPSA) is 113 Å². The van der Waals surface area contributed by atoms with E-state index in [-0.39, 0.29) is 25.3 Å². The number of nitrogens with two attached hydrogens (primary N) is 1. The zero-order valence-electron chi connectivity index (χ0n) is 10.8. The molecule has 0 bridgehead atoms. The summed E-state index contributed by atoms with van der Waals surface area (Å²) in [6, 6.07) is -1.62. The summed E-state index contributed by atoms with van der Waals surface area (Å²) in [5.41, 5.74) is 5.16. The Bertz CT molecular complexity index is 396. The summed E-state index contributed by atoms with van der Waals surface area (Å²) >= 11 is 0. The molecule has 0 spiro atoms. The normalized spacial score (nSPS) is 23.8. The van der Waals surface area contributed by atoms with Crippen LogP contribution >= 0.6 is 0 Å². The summed E-state index contributed by atoms with van der Waals surface area (Å²) in [5, 5.41) is 12.0. The van der Waals surface area contributed by atoms with Crippen LogP contribution in [0.2, 0.25) is 0 Å². The Hall–Kier alpha value is -1.89. The number of nitrogens with zero attached hydrogens (tertiary/aromatic N) is 1. The number of aliphatic hydroxyl groups excluding tert-OH is 1. The van der Waals surface area contributed by atoms with Gasteiger partial charge in [0, 0.05) is 19.9 Å². The van der Waals surface area contributed by atoms with Crippen molar-refractivity contribution in [3.63, 3.8) is 0 Å². The molecule has 0 aromatic rings. The summed E-state index contributed by atoms with van der Waals surface area (Å²) in [6.45, 7) is 4.93. The second-order valence-electron chi connectivity index (χ2n) is 4.56. The van der Waals surface area contributed by atoms with Crippen molar-refractivity contribution in [1.82, 2.24) is 10.2 Å². The molecule has 0 aromatic carbocycles. The fraction of sp³-hybridized carbons (Fsp3) is 0.583. The van der Waals surface area contributed by atoms with Crippen LogP contribution in [-0.2, 0) is 14.4 Å². The first-order chi connectivity index (χ1) is 8.86. The SMILES string of the molecule is C=CC[C@H](NC(=O)[C@@H]1C[C@@H](O)CN1C(C)=O)C(N)=O. The van der Waals surface area contributed by atoms with Gasteiger partial charge >= 0.3 is 0 Å². The van der Waals surface area contributed by atoms with Gasteiger partial charge in [-0.25, -0.2) is 0 Å². The molecule has 0 aromatic heterocycles. The third-order valence-electron chi connectivity index (χ3n) is 3.05. The molecule has 1 rings (SSSR count). The Morgan fingerprint density at radius 3 is 2.68 bits per heavy atom. The second-order valence-corrected chi connectivity index (χ2v) is 4.56. The summed E-state index contributed by atoms with van der Waals surface area (Å²) < 4.78 is 0. The average Bonchev–Trinajstić information content (AvgIpc) is 2.70. The van der Waals surface area contributed by atoms with E-state index in [1.54, 1.807) is 0 Å². The van der Waals surface area contributed by atoms with Gasteiger partial charge in [-0.1, -0.05) is 6.08 Å². The lowest BCUT2D eigenvalue weighted by Gasteiger charge is -2.24. The monoisotopic (exact) mass is 269 g/mol. The van der Waals surface area contributed by atoms with Crippen molar-refractivity contribution >= 4 is 17.7 Å². The van der Waals surface area contributed by atoms with Crippen LogP contribution in [0.3, 0.4) is 0 Å². The van der Waals surface area contributed by atoms with Crippen molar-refractivity contribution in [2.24, 2.45) is 5.73 Å². The number of β-amino-alcohol motifs (C(OH)–C–C–N with tert-alkyl or cyclic N) is 1. The molecule has 1 aliphatic heterocycles. The lowest BCUT2D eigenvalue weighted by Crippen LogP contribution is -2.51. The first-order valence-electron chi connectivity index (χ1n) is 6.02. The van der Waals surface area contributed by atoms with Gasteiger partial charge in [-0.15, -0.1) is 6.58 Å². The minimum absolute atomic E-state index is 0.121. The molecule has 19 heavy (non-hydrogen) atoms. The molecule has 3 amide bonds. The van der Waals surface area contributed by atoms with Gasteiger partial charge in [-0.2, -0.15) is 0 Å². The Balaban J connectivity index is 2.73. The summed E-state index contributed by atoms with van der Waals surface area (Å²) in [7, 11) is 0. The smallest absolute Gasteiger partial charge is 0.243 e. The number of nitrogens with one attached hydrogen (secondary N) is 1. The van der Waals surface area contributed by atoms with Crippen LogP contribution in [-0.4, -0.2) is 52.5 Å². The number of carbonyl (C=O) groups excluding carboxylic acids is 3. The number of rotatable bonds is 5. The zero-order valence-corrected chi connectivity index (χ0v) is 10.8. The predicted molar refractivity (Wildman–Crippen MR) is 67.7 cm³/mol. The van der Waals surface area contributed by atoms with Crippen LogP contribution in [0, 0.1) is 0 Å². The lowest BCUT2D eigenvalue weighted by atomic mass is 10.1. The van der Waals surface area contributed by atoms with E-state index >= 15 is 0 Å². The Labute approximate surface area is 111 Å². The maximum Gasteiger partial charge on any atom is 0.243 e. The summed E-state index contributed by atoms with van der Waals surface area (Å²) in [5.74, 6) is -1.45. The van der Waals surface area contributed by atoms with E-state index in [0.717, 1.165) is 0 Å². The molecule has 0 unspecified atom stereocenters. The van der Waals surface area contributed by atoms with Crippen LogP contribution in [0.4, 0.5) is 0 Å². The first-order valence-corrected chi connectivity index (χ1v) is 6.02. The van der Waals surface area contributed by atoms with Crippen LogP contribution in [0.15, 0.2) is 12.7 Å². The van der Waals surface area contributed by atoms with Gasteiger partial charge in [0.25, 0.3) is 0 Å². The van der Waals surface area contributed by atoms with E-state index < -0.39 is 30.0 Å². The van der Waals surface area contributed by atoms with Gasteiger partial charge in [0.1, 0.15) is 12.1 Å². The third-order valence-corrected chi connectivity index (χ3v) is 3.05. The summed E-state index contributed by atoms with van der Waals surface area (Å²) in [4.78, 5) is 35.8. The molecule has 1 heterocycles. The van der Waals surface area contributed by atoms with Gasteiger partial charge in [-0.3, -0.25) is 14.4 Å². The minimum Gasteiger partial charge on any atom is -0.391 e. The number of aliphatic hydroxyl groups is 1. The number of likely N-dealkylation sites (tertiary alicyclic amines) is 1. The van der Waals surface area contributed by atoms with Crippen LogP contribution in [0.5, 0.6) is 0 Å². The Kier molecular flexibility index (Phi) is 5.05. The fourth-order valence-corrected chi connectivity index (χ4v) is 2.09. The molecule has 0 aliphatic carbocycles. The van der Waals surface area contributed by atoms with E-state index in [1.807, 2.05) is 0 Å². The van der Waals surface area contributed by atoms with Crippen molar-refractivity contribution in [3.8, 4) is 0 Å². The minimum atomic E-state index is -0.850. The van der Waals surface area contributed by atoms with Crippen molar-refractivity contribution in [2.45, 2.75) is 38.0 Å². The molecule has 7 nitrogen and oxygen atoms in total. The first kappa shape index (κ1) is 15.2. The number of hydrogen-bond acceptors (Lipinski definition) is 4. The van der Waals surface area contributed by atoms with E-state index in [2.05, 4.69) is 11.9 Å². The molecule has 0 radical (unpaired) electrons. The van der Waals surface area contributed by atoms with Crippen LogP contribution in [0.1, 0.15) is 19.8 Å². The Morgan fingerprint density at radius 1 is 1.58 bits per heavy atom. The van der Waals surface area contributed by atoms with Crippen molar-refractivity contribution in [2.75, 3.05) is 6.54 Å². The zero-order chi connectivity index (χ0) is 14.6. The molecule has 1 aliphatic rings. The highest BCUT2D eigenvalue weighted by Crippen LogP contribution is 2.18. The number of amides is 3. The number of carbonyl (C=O) groups is 3. The largest absolute Gasteiger partial charge is 0.391 e. The van der Waals surface area contributed by atoms with Gasteiger partial charge in [0.15, 0.2) is 0 Å². The standard InChI is InChI=1S/C12H19N3O4/c1-3-4-9(11(13)18)14-12(19)10-5-8(17)6-15(10)7(2)16/h3,8-10,17H,1,4-6H2,2H3,(H2,13,18)(H,14,19)/t8-,9+,10+/m1/s1. The second kappa shape index (κ2) is 6.33. The third kappa shape index (κ3) is 3.78. The molecule has 106 valence electrons. The van der Waals surface area contributed by atoms with E-state index in [4.69, 9.17) is 5.73 Å². The highest BCUT2D eigenvalue weighted by atomic mass is 16.3. The highest BCUT2D eigenvalue weighted by Gasteiger charge is 2.38. The lowest BCUT2D eigenvalue weighted by molar-refractivity contribution is -0.137. The predicted octanol–water partition coefficient (Wildman–Crippen LogP) is -1.49. The van der Waals surface area contributed by atoms with Gasteiger partial charge < -0.3 is 21.1 Å². The highest BCUT2D eigenvalue weighted by molar-refractivity contribution is 5.91. The molecule has 4 N–H and O–H groups in total. The molecule has 0 saturated carbocycles. The maximum absolute atomic E-state index is 12.0. The molecule has 1 fully saturated rings. The number of hydrogen-bond donors (Lipinski definition) is 3. The van der Waals surface area contributed by atoms with Crippen LogP contribution in [0.25, 0.3) is 0 Å². The molecular weight excluding hydrogens is 250 g/mol. The van der Waals surface area contributed by atoms with Crippen molar-refractivity contribution in [3.05, 3.63) is 12.7 Å². The summed E-state index contributed by atoms with van der Waals surface area (Å²) in [6.07, 6.45) is 1.12.